The molecule has 2 aromatic rings. The predicted octanol–water partition coefficient (Wildman–Crippen LogP) is 5.38. The first kappa shape index (κ1) is 22.2. The van der Waals surface area contributed by atoms with E-state index < -0.39 is 35.3 Å². The van der Waals surface area contributed by atoms with Crippen molar-refractivity contribution in [3.8, 4) is 0 Å². The molecule has 0 aromatic heterocycles. The Morgan fingerprint density at radius 2 is 1.88 bits per heavy atom. The number of nitrogens with zero attached hydrogens (tertiary/aromatic N) is 1. The van der Waals surface area contributed by atoms with Crippen molar-refractivity contribution in [1.82, 2.24) is 4.90 Å². The number of carboxylic acid groups (broad SMARTS) is 1. The molecule has 8 heteroatoms. The van der Waals surface area contributed by atoms with Crippen LogP contribution in [0.2, 0.25) is 0 Å². The van der Waals surface area contributed by atoms with Crippen molar-refractivity contribution >= 4 is 12.1 Å². The van der Waals surface area contributed by atoms with E-state index in [4.69, 9.17) is 4.74 Å². The third-order valence-corrected chi connectivity index (χ3v) is 6.58. The molecular weight excluding hydrogens is 423 g/mol. The van der Waals surface area contributed by atoms with Gasteiger partial charge in [0.05, 0.1) is 5.56 Å². The Bertz CT molecular complexity index is 1010. The highest BCUT2D eigenvalue weighted by atomic mass is 19.4. The molecule has 1 heterocycles. The maximum Gasteiger partial charge on any atom is 0.416 e. The number of amides is 1. The summed E-state index contributed by atoms with van der Waals surface area (Å²) < 4.78 is 45.0. The van der Waals surface area contributed by atoms with E-state index in [1.54, 1.807) is 12.1 Å². The average Bonchev–Trinajstić information content (AvgIpc) is 3.23. The van der Waals surface area contributed by atoms with Crippen molar-refractivity contribution in [2.45, 2.75) is 56.3 Å². The summed E-state index contributed by atoms with van der Waals surface area (Å²) in [6.45, 7) is 0.245. The molecule has 1 aliphatic heterocycles. The third-order valence-electron chi connectivity index (χ3n) is 6.58. The van der Waals surface area contributed by atoms with E-state index in [0.29, 0.717) is 36.8 Å². The lowest BCUT2D eigenvalue weighted by atomic mass is 9.69. The van der Waals surface area contributed by atoms with Gasteiger partial charge in [0.15, 0.2) is 5.54 Å². The van der Waals surface area contributed by atoms with E-state index in [1.807, 2.05) is 18.2 Å². The molecule has 0 radical (unpaired) electrons. The zero-order valence-corrected chi connectivity index (χ0v) is 17.4. The van der Waals surface area contributed by atoms with Crippen LogP contribution in [0.15, 0.2) is 48.5 Å². The maximum absolute atomic E-state index is 13.2. The fraction of sp³-hybridized carbons (Fsp3) is 0.417. The molecule has 1 fully saturated rings. The minimum absolute atomic E-state index is 0.0159. The van der Waals surface area contributed by atoms with Gasteiger partial charge >= 0.3 is 18.2 Å². The molecule has 0 bridgehead atoms. The van der Waals surface area contributed by atoms with Crippen molar-refractivity contribution in [2.75, 3.05) is 6.54 Å². The summed E-state index contributed by atoms with van der Waals surface area (Å²) in [5, 5.41) is 10.3. The summed E-state index contributed by atoms with van der Waals surface area (Å²) in [6, 6.07) is 12.6. The Morgan fingerprint density at radius 3 is 2.56 bits per heavy atom. The van der Waals surface area contributed by atoms with Crippen LogP contribution < -0.4 is 0 Å². The number of alkyl halides is 3. The van der Waals surface area contributed by atoms with Crippen molar-refractivity contribution in [3.63, 3.8) is 0 Å². The molecule has 0 spiro atoms. The first-order valence-corrected chi connectivity index (χ1v) is 10.7. The molecule has 0 saturated carbocycles. The highest BCUT2D eigenvalue weighted by Crippen LogP contribution is 2.48. The van der Waals surface area contributed by atoms with Crippen LogP contribution in [-0.2, 0) is 28.7 Å². The van der Waals surface area contributed by atoms with Gasteiger partial charge in [-0.25, -0.2) is 9.59 Å². The monoisotopic (exact) mass is 447 g/mol. The third kappa shape index (κ3) is 3.94. The van der Waals surface area contributed by atoms with E-state index in [0.717, 1.165) is 17.7 Å². The number of carboxylic acids is 1. The largest absolute Gasteiger partial charge is 0.479 e. The van der Waals surface area contributed by atoms with E-state index in [9.17, 15) is 27.9 Å². The Morgan fingerprint density at radius 1 is 1.12 bits per heavy atom. The number of aryl methyl sites for hydroxylation is 1. The van der Waals surface area contributed by atoms with Crippen LogP contribution >= 0.6 is 0 Å². The van der Waals surface area contributed by atoms with E-state index in [1.165, 1.54) is 11.0 Å². The highest BCUT2D eigenvalue weighted by molar-refractivity contribution is 5.86. The van der Waals surface area contributed by atoms with Gasteiger partial charge in [-0.2, -0.15) is 13.2 Å². The Balaban J connectivity index is 1.65. The zero-order chi connectivity index (χ0) is 22.9. The van der Waals surface area contributed by atoms with Crippen molar-refractivity contribution in [1.29, 1.82) is 0 Å². The molecule has 2 aliphatic rings. The van der Waals surface area contributed by atoms with Crippen LogP contribution in [0.5, 0.6) is 0 Å². The van der Waals surface area contributed by atoms with Crippen molar-refractivity contribution in [2.24, 2.45) is 0 Å². The number of ether oxygens (including phenoxy) is 1. The number of rotatable bonds is 4. The molecule has 170 valence electrons. The minimum Gasteiger partial charge on any atom is -0.479 e. The zero-order valence-electron chi connectivity index (χ0n) is 17.4. The first-order valence-electron chi connectivity index (χ1n) is 10.7. The molecule has 1 amide bonds. The summed E-state index contributed by atoms with van der Waals surface area (Å²) in [7, 11) is 0. The minimum atomic E-state index is -4.47. The number of carbonyl (C=O) groups is 2. The molecule has 1 aliphatic carbocycles. The molecule has 5 nitrogen and oxygen atoms in total. The van der Waals surface area contributed by atoms with Gasteiger partial charge in [0, 0.05) is 12.5 Å². The summed E-state index contributed by atoms with van der Waals surface area (Å²) in [4.78, 5) is 26.9. The normalized spacial score (nSPS) is 23.0. The van der Waals surface area contributed by atoms with Gasteiger partial charge in [-0.15, -0.1) is 0 Å². The Hall–Kier alpha value is -3.03. The Kier molecular flexibility index (Phi) is 5.88. The smallest absolute Gasteiger partial charge is 0.416 e. The van der Waals surface area contributed by atoms with Gasteiger partial charge in [-0.1, -0.05) is 36.4 Å². The second kappa shape index (κ2) is 8.48. The average molecular weight is 447 g/mol. The Labute approximate surface area is 183 Å². The first-order chi connectivity index (χ1) is 15.2. The van der Waals surface area contributed by atoms with Crippen LogP contribution in [0, 0.1) is 0 Å². The van der Waals surface area contributed by atoms with Crippen molar-refractivity contribution < 1.29 is 32.6 Å². The number of hydrogen-bond donors (Lipinski definition) is 1. The number of carbonyl (C=O) groups excluding carboxylic acids is 1. The predicted molar refractivity (Wildman–Crippen MR) is 110 cm³/mol. The molecular formula is C24H24F3NO4. The number of aliphatic carboxylic acids is 1. The van der Waals surface area contributed by atoms with Crippen LogP contribution in [-0.4, -0.2) is 34.2 Å². The molecule has 2 atom stereocenters. The van der Waals surface area contributed by atoms with Gasteiger partial charge in [-0.05, 0) is 60.9 Å². The number of hydrogen-bond acceptors (Lipinski definition) is 3. The van der Waals surface area contributed by atoms with Crippen LogP contribution in [0.25, 0.3) is 0 Å². The van der Waals surface area contributed by atoms with Crippen LogP contribution in [0.3, 0.4) is 0 Å². The molecule has 1 saturated heterocycles. The SMILES string of the molecule is O=C(OCc1ccccc1)N1CCC[C@@]1(C(=O)O)C1CCCc2cc(C(F)(F)F)ccc21. The van der Waals surface area contributed by atoms with Crippen LogP contribution in [0.1, 0.15) is 53.9 Å². The quantitative estimate of drug-likeness (QED) is 0.683. The number of benzene rings is 2. The molecule has 1 unspecified atom stereocenters. The molecule has 1 N–H and O–H groups in total. The summed E-state index contributed by atoms with van der Waals surface area (Å²) in [5.74, 6) is -1.75. The van der Waals surface area contributed by atoms with Gasteiger partial charge in [-0.3, -0.25) is 4.90 Å². The van der Waals surface area contributed by atoms with Gasteiger partial charge in [0.25, 0.3) is 0 Å². The van der Waals surface area contributed by atoms with Gasteiger partial charge < -0.3 is 9.84 Å². The summed E-state index contributed by atoms with van der Waals surface area (Å²) in [6.07, 6.45) is -2.98. The second-order valence-corrected chi connectivity index (χ2v) is 8.38. The van der Waals surface area contributed by atoms with E-state index in [-0.39, 0.29) is 19.6 Å². The van der Waals surface area contributed by atoms with E-state index >= 15 is 0 Å². The van der Waals surface area contributed by atoms with E-state index in [2.05, 4.69) is 0 Å². The molecule has 2 aromatic carbocycles. The summed E-state index contributed by atoms with van der Waals surface area (Å²) in [5.41, 5.74) is -0.422. The number of halogens is 3. The fourth-order valence-corrected chi connectivity index (χ4v) is 5.11. The lowest BCUT2D eigenvalue weighted by molar-refractivity contribution is -0.151. The second-order valence-electron chi connectivity index (χ2n) is 8.38. The topological polar surface area (TPSA) is 66.8 Å². The number of fused-ring (bicyclic) bond motifs is 1. The molecule has 4 rings (SSSR count). The van der Waals surface area contributed by atoms with Gasteiger partial charge in [0.2, 0.25) is 0 Å². The highest BCUT2D eigenvalue weighted by Gasteiger charge is 2.57. The summed E-state index contributed by atoms with van der Waals surface area (Å²) >= 11 is 0. The lowest BCUT2D eigenvalue weighted by Gasteiger charge is -2.43. The number of likely N-dealkylation sites (tertiary alicyclic amines) is 1. The fourth-order valence-electron chi connectivity index (χ4n) is 5.11. The van der Waals surface area contributed by atoms with Gasteiger partial charge in [0.1, 0.15) is 6.61 Å². The molecule has 32 heavy (non-hydrogen) atoms. The standard InChI is InChI=1S/C24H24F3NO4/c25-24(26,27)18-10-11-19-17(14-18)8-4-9-20(19)23(21(29)30)12-5-13-28(23)22(31)32-15-16-6-2-1-3-7-16/h1-3,6-7,10-11,14,20H,4-5,8-9,12-13,15H2,(H,29,30)/t20?,23-/m0/s1. The van der Waals surface area contributed by atoms with Crippen LogP contribution in [0.4, 0.5) is 18.0 Å². The van der Waals surface area contributed by atoms with Crippen molar-refractivity contribution in [3.05, 3.63) is 70.8 Å². The maximum atomic E-state index is 13.2. The lowest BCUT2D eigenvalue weighted by Crippen LogP contribution is -2.57.